The van der Waals surface area contributed by atoms with Crippen LogP contribution in [-0.2, 0) is 6.42 Å². The first-order valence-corrected chi connectivity index (χ1v) is 6.05. The van der Waals surface area contributed by atoms with E-state index in [9.17, 15) is 0 Å². The number of hydrogen-bond donors (Lipinski definition) is 2. The van der Waals surface area contributed by atoms with E-state index in [1.807, 2.05) is 12.3 Å². The van der Waals surface area contributed by atoms with Crippen molar-refractivity contribution in [3.63, 3.8) is 0 Å². The second-order valence-corrected chi connectivity index (χ2v) is 4.82. The molecule has 1 unspecified atom stereocenters. The minimum absolute atomic E-state index is 0.453. The molecule has 1 aromatic heterocycles. The number of fused-ring (bicyclic) bond motifs is 1. The molecule has 0 saturated carbocycles. The third kappa shape index (κ3) is 1.70. The lowest BCUT2D eigenvalue weighted by Gasteiger charge is -2.23. The Morgan fingerprint density at radius 1 is 1.18 bits per heavy atom. The van der Waals surface area contributed by atoms with Crippen molar-refractivity contribution in [3.8, 4) is 0 Å². The maximum absolute atomic E-state index is 8.19. The van der Waals surface area contributed by atoms with Crippen LogP contribution in [0.1, 0.15) is 34.7 Å². The van der Waals surface area contributed by atoms with Crippen LogP contribution in [0.25, 0.3) is 0 Å². The summed E-state index contributed by atoms with van der Waals surface area (Å²) in [5, 5.41) is 8.19. The molecule has 0 spiro atoms. The molecular formula is C15H16N2. The Bertz CT molecular complexity index is 552. The van der Waals surface area contributed by atoms with Gasteiger partial charge in [0.2, 0.25) is 0 Å². The highest BCUT2D eigenvalue weighted by molar-refractivity contribution is 6.02. The van der Waals surface area contributed by atoms with Crippen molar-refractivity contribution < 1.29 is 0 Å². The van der Waals surface area contributed by atoms with Crippen LogP contribution < -0.4 is 0 Å². The number of nitrogens with one attached hydrogen (secondary N) is 2. The molecule has 0 bridgehead atoms. The van der Waals surface area contributed by atoms with E-state index < -0.39 is 0 Å². The number of rotatable bonds is 1. The Kier molecular flexibility index (Phi) is 2.36. The van der Waals surface area contributed by atoms with Gasteiger partial charge in [0.1, 0.15) is 0 Å². The Balaban J connectivity index is 1.97. The van der Waals surface area contributed by atoms with Crippen molar-refractivity contribution in [3.05, 3.63) is 58.9 Å². The van der Waals surface area contributed by atoms with E-state index >= 15 is 0 Å². The van der Waals surface area contributed by atoms with Gasteiger partial charge >= 0.3 is 0 Å². The van der Waals surface area contributed by atoms with Crippen molar-refractivity contribution in [2.24, 2.45) is 0 Å². The number of aromatic amines is 1. The molecule has 1 atom stereocenters. The number of H-pyrrole nitrogens is 1. The monoisotopic (exact) mass is 224 g/mol. The fourth-order valence-electron chi connectivity index (χ4n) is 2.79. The van der Waals surface area contributed by atoms with E-state index in [4.69, 9.17) is 5.41 Å². The van der Waals surface area contributed by atoms with E-state index in [0.717, 1.165) is 24.1 Å². The lowest BCUT2D eigenvalue weighted by molar-refractivity contribution is 0.683. The van der Waals surface area contributed by atoms with Gasteiger partial charge in [-0.25, -0.2) is 0 Å². The summed E-state index contributed by atoms with van der Waals surface area (Å²) in [6, 6.07) is 10.5. The molecule has 0 amide bonds. The smallest absolute Gasteiger partial charge is 0.0413 e. The van der Waals surface area contributed by atoms with Gasteiger partial charge in [-0.05, 0) is 36.8 Å². The average Bonchev–Trinajstić information content (AvgIpc) is 2.73. The first-order valence-electron chi connectivity index (χ1n) is 6.05. The Morgan fingerprint density at radius 3 is 2.71 bits per heavy atom. The lowest BCUT2D eigenvalue weighted by atomic mass is 9.81. The number of aromatic nitrogens is 1. The maximum Gasteiger partial charge on any atom is 0.0413 e. The van der Waals surface area contributed by atoms with Crippen molar-refractivity contribution in [2.45, 2.75) is 25.7 Å². The number of aryl methyl sites for hydroxylation is 1. The van der Waals surface area contributed by atoms with Crippen molar-refractivity contribution >= 4 is 5.71 Å². The molecular weight excluding hydrogens is 208 g/mol. The Hall–Kier alpha value is -1.83. The standard InChI is InChI=1S/C15H16N2/c1-10-9-17-14-8-12(7-13(16)15(10)14)11-5-3-2-4-6-11/h2-6,9,12,16-17H,7-8H2,1H3. The largest absolute Gasteiger partial charge is 0.364 e. The zero-order valence-electron chi connectivity index (χ0n) is 9.96. The summed E-state index contributed by atoms with van der Waals surface area (Å²) in [6.45, 7) is 2.08. The molecule has 2 aromatic rings. The molecule has 3 rings (SSSR count). The van der Waals surface area contributed by atoms with Crippen molar-refractivity contribution in [1.29, 1.82) is 5.41 Å². The van der Waals surface area contributed by atoms with Crippen molar-refractivity contribution in [2.75, 3.05) is 0 Å². The van der Waals surface area contributed by atoms with E-state index in [-0.39, 0.29) is 0 Å². The van der Waals surface area contributed by atoms with E-state index in [1.54, 1.807) is 0 Å². The quantitative estimate of drug-likeness (QED) is 0.745. The number of benzene rings is 1. The van der Waals surface area contributed by atoms with Gasteiger partial charge in [0, 0.05) is 23.2 Å². The van der Waals surface area contributed by atoms with Crippen LogP contribution in [0.5, 0.6) is 0 Å². The molecule has 0 aliphatic heterocycles. The molecule has 2 nitrogen and oxygen atoms in total. The molecule has 0 fully saturated rings. The average molecular weight is 224 g/mol. The second-order valence-electron chi connectivity index (χ2n) is 4.82. The fraction of sp³-hybridized carbons (Fsp3) is 0.267. The molecule has 1 aromatic carbocycles. The van der Waals surface area contributed by atoms with Crippen LogP contribution in [-0.4, -0.2) is 10.7 Å². The molecule has 17 heavy (non-hydrogen) atoms. The lowest BCUT2D eigenvalue weighted by Crippen LogP contribution is -2.18. The molecule has 86 valence electrons. The molecule has 2 heteroatoms. The van der Waals surface area contributed by atoms with Gasteiger partial charge in [-0.15, -0.1) is 0 Å². The Labute approximate surface area is 101 Å². The molecule has 2 N–H and O–H groups in total. The summed E-state index contributed by atoms with van der Waals surface area (Å²) in [5.74, 6) is 0.453. The van der Waals surface area contributed by atoms with Gasteiger partial charge in [-0.3, -0.25) is 0 Å². The predicted molar refractivity (Wildman–Crippen MR) is 69.9 cm³/mol. The second kappa shape index (κ2) is 3.88. The Morgan fingerprint density at radius 2 is 1.94 bits per heavy atom. The van der Waals surface area contributed by atoms with Crippen LogP contribution in [0.2, 0.25) is 0 Å². The van der Waals surface area contributed by atoms with Gasteiger partial charge in [-0.2, -0.15) is 0 Å². The highest BCUT2D eigenvalue weighted by atomic mass is 14.7. The van der Waals surface area contributed by atoms with Gasteiger partial charge in [0.05, 0.1) is 0 Å². The van der Waals surface area contributed by atoms with Crippen LogP contribution in [0, 0.1) is 12.3 Å². The van der Waals surface area contributed by atoms with Crippen LogP contribution >= 0.6 is 0 Å². The maximum atomic E-state index is 8.19. The molecule has 1 aliphatic carbocycles. The highest BCUT2D eigenvalue weighted by Crippen LogP contribution is 2.33. The summed E-state index contributed by atoms with van der Waals surface area (Å²) < 4.78 is 0. The SMILES string of the molecule is Cc1c[nH]c2c1C(=N)CC(c1ccccc1)C2. The minimum atomic E-state index is 0.453. The molecule has 1 heterocycles. The van der Waals surface area contributed by atoms with Gasteiger partial charge in [0.15, 0.2) is 0 Å². The normalized spacial score (nSPS) is 19.1. The summed E-state index contributed by atoms with van der Waals surface area (Å²) in [5.41, 5.74) is 5.70. The van der Waals surface area contributed by atoms with Gasteiger partial charge in [-0.1, -0.05) is 30.3 Å². The van der Waals surface area contributed by atoms with E-state index in [1.165, 1.54) is 16.8 Å². The zero-order chi connectivity index (χ0) is 11.8. The van der Waals surface area contributed by atoms with Gasteiger partial charge < -0.3 is 10.4 Å². The van der Waals surface area contributed by atoms with Gasteiger partial charge in [0.25, 0.3) is 0 Å². The first kappa shape index (κ1) is 10.3. The molecule has 1 aliphatic rings. The fourth-order valence-corrected chi connectivity index (χ4v) is 2.79. The zero-order valence-corrected chi connectivity index (χ0v) is 9.96. The third-order valence-electron chi connectivity index (χ3n) is 3.63. The third-order valence-corrected chi connectivity index (χ3v) is 3.63. The highest BCUT2D eigenvalue weighted by Gasteiger charge is 2.25. The topological polar surface area (TPSA) is 39.6 Å². The van der Waals surface area contributed by atoms with E-state index in [2.05, 4.69) is 36.2 Å². The van der Waals surface area contributed by atoms with E-state index in [0.29, 0.717) is 5.92 Å². The van der Waals surface area contributed by atoms with Crippen molar-refractivity contribution in [1.82, 2.24) is 4.98 Å². The molecule has 0 saturated heterocycles. The number of hydrogen-bond acceptors (Lipinski definition) is 1. The minimum Gasteiger partial charge on any atom is -0.364 e. The predicted octanol–water partition coefficient (Wildman–Crippen LogP) is 3.42. The summed E-state index contributed by atoms with van der Waals surface area (Å²) >= 11 is 0. The summed E-state index contributed by atoms with van der Waals surface area (Å²) in [7, 11) is 0. The first-order chi connectivity index (χ1) is 8.25. The van der Waals surface area contributed by atoms with Crippen LogP contribution in [0.4, 0.5) is 0 Å². The van der Waals surface area contributed by atoms with Crippen LogP contribution in [0.3, 0.4) is 0 Å². The summed E-state index contributed by atoms with van der Waals surface area (Å²) in [6.07, 6.45) is 3.90. The molecule has 0 radical (unpaired) electrons. The van der Waals surface area contributed by atoms with Crippen LogP contribution in [0.15, 0.2) is 36.5 Å². The summed E-state index contributed by atoms with van der Waals surface area (Å²) in [4.78, 5) is 3.32.